The Morgan fingerprint density at radius 3 is 2.50 bits per heavy atom. The molecule has 0 spiro atoms. The number of carbonyl (C=O) groups is 1. The fourth-order valence-electron chi connectivity index (χ4n) is 2.62. The number of rotatable bonds is 6. The molecule has 0 saturated heterocycles. The average Bonchev–Trinajstić information content (AvgIpc) is 2.15. The Labute approximate surface area is 97.9 Å². The maximum absolute atomic E-state index is 10.4. The number of hydrogen-bond acceptors (Lipinski definition) is 3. The van der Waals surface area contributed by atoms with Crippen molar-refractivity contribution in [3.63, 3.8) is 0 Å². The second-order valence-electron chi connectivity index (χ2n) is 5.09. The molecule has 1 amide bonds. The lowest BCUT2D eigenvalue weighted by molar-refractivity contribution is -0.122. The van der Waals surface area contributed by atoms with Crippen molar-refractivity contribution in [2.75, 3.05) is 19.8 Å². The smallest absolute Gasteiger partial charge is 0.243 e. The van der Waals surface area contributed by atoms with Crippen molar-refractivity contribution < 1.29 is 9.53 Å². The van der Waals surface area contributed by atoms with Crippen LogP contribution in [0.15, 0.2) is 0 Å². The minimum Gasteiger partial charge on any atom is -0.370 e. The zero-order valence-electron chi connectivity index (χ0n) is 10.4. The van der Waals surface area contributed by atoms with Gasteiger partial charge in [0.15, 0.2) is 0 Å². The average molecular weight is 228 g/mol. The third-order valence-electron chi connectivity index (χ3n) is 3.10. The number of amides is 1. The molecule has 0 radical (unpaired) electrons. The first kappa shape index (κ1) is 13.5. The summed E-state index contributed by atoms with van der Waals surface area (Å²) in [7, 11) is 0. The summed E-state index contributed by atoms with van der Waals surface area (Å²) in [5, 5.41) is 3.48. The van der Waals surface area contributed by atoms with Crippen LogP contribution in [0.3, 0.4) is 0 Å². The number of primary amides is 1. The highest BCUT2D eigenvalue weighted by atomic mass is 16.5. The Kier molecular flexibility index (Phi) is 5.77. The summed E-state index contributed by atoms with van der Waals surface area (Å²) in [4.78, 5) is 10.4. The monoisotopic (exact) mass is 228 g/mol. The molecule has 0 aromatic rings. The van der Waals surface area contributed by atoms with Crippen molar-refractivity contribution >= 4 is 5.91 Å². The first-order valence-electron chi connectivity index (χ1n) is 6.17. The van der Waals surface area contributed by atoms with E-state index in [2.05, 4.69) is 19.2 Å². The Morgan fingerprint density at radius 2 is 1.94 bits per heavy atom. The highest BCUT2D eigenvalue weighted by molar-refractivity contribution is 5.74. The summed E-state index contributed by atoms with van der Waals surface area (Å²) in [6.45, 7) is 6.01. The summed E-state index contributed by atoms with van der Waals surface area (Å²) in [5.74, 6) is 1.22. The maximum Gasteiger partial charge on any atom is 0.243 e. The number of nitrogens with two attached hydrogens (primary N) is 1. The predicted octanol–water partition coefficient (Wildman–Crippen LogP) is 0.903. The van der Waals surface area contributed by atoms with Crippen LogP contribution < -0.4 is 11.1 Å². The van der Waals surface area contributed by atoms with Crippen LogP contribution in [0.2, 0.25) is 0 Å². The van der Waals surface area contributed by atoms with E-state index in [1.165, 1.54) is 19.3 Å². The van der Waals surface area contributed by atoms with Gasteiger partial charge in [0.05, 0.1) is 6.61 Å². The van der Waals surface area contributed by atoms with E-state index >= 15 is 0 Å². The van der Waals surface area contributed by atoms with E-state index in [4.69, 9.17) is 10.5 Å². The molecule has 3 N–H and O–H groups in total. The summed E-state index contributed by atoms with van der Waals surface area (Å²) >= 11 is 0. The molecule has 16 heavy (non-hydrogen) atoms. The van der Waals surface area contributed by atoms with Gasteiger partial charge in [0, 0.05) is 12.6 Å². The van der Waals surface area contributed by atoms with Gasteiger partial charge in [0.1, 0.15) is 6.61 Å². The molecule has 4 heteroatoms. The zero-order valence-corrected chi connectivity index (χ0v) is 10.4. The van der Waals surface area contributed by atoms with E-state index in [1.54, 1.807) is 0 Å². The predicted molar refractivity (Wildman–Crippen MR) is 64.0 cm³/mol. The molecule has 1 saturated carbocycles. The lowest BCUT2D eigenvalue weighted by atomic mass is 9.80. The molecule has 1 aliphatic carbocycles. The van der Waals surface area contributed by atoms with Gasteiger partial charge in [-0.2, -0.15) is 0 Å². The highest BCUT2D eigenvalue weighted by Crippen LogP contribution is 2.28. The summed E-state index contributed by atoms with van der Waals surface area (Å²) in [6.07, 6.45) is 3.84. The molecule has 0 bridgehead atoms. The van der Waals surface area contributed by atoms with E-state index < -0.39 is 5.91 Å². The quantitative estimate of drug-likeness (QED) is 0.664. The normalized spacial score (nSPS) is 30.2. The summed E-state index contributed by atoms with van der Waals surface area (Å²) in [6, 6.07) is 0.607. The molecule has 0 aliphatic heterocycles. The number of hydrogen-bond donors (Lipinski definition) is 2. The van der Waals surface area contributed by atoms with Gasteiger partial charge in [-0.1, -0.05) is 13.8 Å². The summed E-state index contributed by atoms with van der Waals surface area (Å²) in [5.41, 5.74) is 4.97. The summed E-state index contributed by atoms with van der Waals surface area (Å²) < 4.78 is 5.10. The molecule has 2 atom stereocenters. The molecule has 0 aromatic heterocycles. The molecule has 1 aliphatic rings. The topological polar surface area (TPSA) is 64.3 Å². The fraction of sp³-hybridized carbons (Fsp3) is 0.917. The molecular weight excluding hydrogens is 204 g/mol. The van der Waals surface area contributed by atoms with Crippen LogP contribution in [-0.4, -0.2) is 31.7 Å². The van der Waals surface area contributed by atoms with Crippen LogP contribution in [0, 0.1) is 11.8 Å². The second kappa shape index (κ2) is 6.86. The van der Waals surface area contributed by atoms with Crippen LogP contribution >= 0.6 is 0 Å². The van der Waals surface area contributed by atoms with Gasteiger partial charge in [-0.25, -0.2) is 0 Å². The zero-order chi connectivity index (χ0) is 12.0. The van der Waals surface area contributed by atoms with Crippen LogP contribution in [0.5, 0.6) is 0 Å². The molecule has 2 unspecified atom stereocenters. The van der Waals surface area contributed by atoms with Gasteiger partial charge in [-0.05, 0) is 31.1 Å². The van der Waals surface area contributed by atoms with Crippen LogP contribution in [-0.2, 0) is 9.53 Å². The SMILES string of the molecule is CC1CC(C)CC(NCCOCC(N)=O)C1. The molecule has 4 nitrogen and oxygen atoms in total. The highest BCUT2D eigenvalue weighted by Gasteiger charge is 2.22. The third-order valence-corrected chi connectivity index (χ3v) is 3.10. The largest absolute Gasteiger partial charge is 0.370 e. The van der Waals surface area contributed by atoms with Gasteiger partial charge in [-0.3, -0.25) is 4.79 Å². The van der Waals surface area contributed by atoms with Crippen molar-refractivity contribution in [2.45, 2.75) is 39.2 Å². The number of carbonyl (C=O) groups excluding carboxylic acids is 1. The van der Waals surface area contributed by atoms with Gasteiger partial charge in [0.25, 0.3) is 0 Å². The second-order valence-corrected chi connectivity index (χ2v) is 5.09. The van der Waals surface area contributed by atoms with Gasteiger partial charge in [0.2, 0.25) is 5.91 Å². The van der Waals surface area contributed by atoms with E-state index in [0.29, 0.717) is 12.6 Å². The van der Waals surface area contributed by atoms with E-state index in [0.717, 1.165) is 18.4 Å². The Hall–Kier alpha value is -0.610. The minimum atomic E-state index is -0.403. The molecule has 0 heterocycles. The van der Waals surface area contributed by atoms with Crippen molar-refractivity contribution in [1.29, 1.82) is 0 Å². The van der Waals surface area contributed by atoms with Crippen molar-refractivity contribution in [1.82, 2.24) is 5.32 Å². The lowest BCUT2D eigenvalue weighted by Crippen LogP contribution is -2.38. The Balaban J connectivity index is 2.06. The van der Waals surface area contributed by atoms with Crippen molar-refractivity contribution in [3.8, 4) is 0 Å². The van der Waals surface area contributed by atoms with Crippen LogP contribution in [0.4, 0.5) is 0 Å². The van der Waals surface area contributed by atoms with Crippen molar-refractivity contribution in [2.24, 2.45) is 17.6 Å². The molecule has 94 valence electrons. The fourth-order valence-corrected chi connectivity index (χ4v) is 2.62. The first-order valence-corrected chi connectivity index (χ1v) is 6.17. The van der Waals surface area contributed by atoms with Gasteiger partial charge < -0.3 is 15.8 Å². The first-order chi connectivity index (χ1) is 7.58. The van der Waals surface area contributed by atoms with Crippen LogP contribution in [0.1, 0.15) is 33.1 Å². The van der Waals surface area contributed by atoms with Crippen LogP contribution in [0.25, 0.3) is 0 Å². The number of nitrogens with one attached hydrogen (secondary N) is 1. The maximum atomic E-state index is 10.4. The molecule has 1 fully saturated rings. The Bertz CT molecular complexity index is 211. The molecular formula is C12H24N2O2. The minimum absolute atomic E-state index is 0.0269. The van der Waals surface area contributed by atoms with Crippen molar-refractivity contribution in [3.05, 3.63) is 0 Å². The van der Waals surface area contributed by atoms with Gasteiger partial charge in [-0.15, -0.1) is 0 Å². The number of ether oxygens (including phenoxy) is 1. The molecule has 1 rings (SSSR count). The Morgan fingerprint density at radius 1 is 1.31 bits per heavy atom. The van der Waals surface area contributed by atoms with E-state index in [9.17, 15) is 4.79 Å². The van der Waals surface area contributed by atoms with Gasteiger partial charge >= 0.3 is 0 Å². The lowest BCUT2D eigenvalue weighted by Gasteiger charge is -2.32. The standard InChI is InChI=1S/C12H24N2O2/c1-9-5-10(2)7-11(6-9)14-3-4-16-8-12(13)15/h9-11,14H,3-8H2,1-2H3,(H2,13,15). The van der Waals surface area contributed by atoms with E-state index in [1.807, 2.05) is 0 Å². The third kappa shape index (κ3) is 5.47. The molecule has 0 aromatic carbocycles. The van der Waals surface area contributed by atoms with E-state index in [-0.39, 0.29) is 6.61 Å².